The SMILES string of the molecule is CCCCC/C=C\CCCCCCCC(=O)OCC(COC(=O)CCCCCCCCCCCCCCCCCCCCCCCCC/C=C\CCCCCCCCCC)OC(=O)CCCCCCCCCCCCCCC. The van der Waals surface area contributed by atoms with Crippen LogP contribution in [-0.4, -0.2) is 37.2 Å². The molecule has 0 spiro atoms. The van der Waals surface area contributed by atoms with Crippen LogP contribution in [0.2, 0.25) is 0 Å². The van der Waals surface area contributed by atoms with Crippen LogP contribution in [0.15, 0.2) is 24.3 Å². The third kappa shape index (κ3) is 64.7. The molecule has 0 heterocycles. The zero-order valence-electron chi connectivity index (χ0n) is 53.0. The van der Waals surface area contributed by atoms with Crippen LogP contribution in [0.25, 0.3) is 0 Å². The molecule has 0 aromatic rings. The van der Waals surface area contributed by atoms with Gasteiger partial charge in [0.05, 0.1) is 0 Å². The fraction of sp³-hybridized carbons (Fsp3) is 0.903. The molecule has 78 heavy (non-hydrogen) atoms. The van der Waals surface area contributed by atoms with Gasteiger partial charge in [-0.15, -0.1) is 0 Å². The fourth-order valence-corrected chi connectivity index (χ4v) is 10.8. The standard InChI is InChI=1S/C72H136O6/c1-4-7-10-13-16-19-22-25-26-27-28-29-30-31-32-33-34-35-36-37-38-39-40-41-42-43-44-45-46-48-50-53-56-59-62-65-71(74)77-68-69(67-76-70(73)64-61-58-55-52-49-24-21-18-15-12-9-6-3)78-72(75)66-63-60-57-54-51-47-23-20-17-14-11-8-5-2/h18,21,27-28,69H,4-17,19-20,22-26,29-68H2,1-3H3/b21-18-,28-27-. The molecule has 0 aliphatic heterocycles. The predicted octanol–water partition coefficient (Wildman–Crippen LogP) is 24.2. The van der Waals surface area contributed by atoms with Gasteiger partial charge in [-0.3, -0.25) is 14.4 Å². The van der Waals surface area contributed by atoms with E-state index in [1.807, 2.05) is 0 Å². The van der Waals surface area contributed by atoms with E-state index in [9.17, 15) is 14.4 Å². The Morgan fingerprint density at radius 1 is 0.244 bits per heavy atom. The minimum Gasteiger partial charge on any atom is -0.462 e. The van der Waals surface area contributed by atoms with Crippen molar-refractivity contribution in [3.63, 3.8) is 0 Å². The van der Waals surface area contributed by atoms with Crippen LogP contribution in [0.3, 0.4) is 0 Å². The molecule has 0 aliphatic carbocycles. The van der Waals surface area contributed by atoms with Crippen molar-refractivity contribution in [3.8, 4) is 0 Å². The van der Waals surface area contributed by atoms with Crippen molar-refractivity contribution in [2.24, 2.45) is 0 Å². The molecule has 0 saturated heterocycles. The highest BCUT2D eigenvalue weighted by atomic mass is 16.6. The van der Waals surface area contributed by atoms with Crippen LogP contribution < -0.4 is 0 Å². The van der Waals surface area contributed by atoms with Crippen molar-refractivity contribution >= 4 is 17.9 Å². The van der Waals surface area contributed by atoms with Crippen molar-refractivity contribution in [2.45, 2.75) is 406 Å². The highest BCUT2D eigenvalue weighted by Crippen LogP contribution is 2.19. The molecular weight excluding hydrogens is 961 g/mol. The lowest BCUT2D eigenvalue weighted by Crippen LogP contribution is -2.30. The first-order chi connectivity index (χ1) is 38.5. The average Bonchev–Trinajstić information content (AvgIpc) is 3.44. The molecule has 0 aliphatic rings. The highest BCUT2D eigenvalue weighted by molar-refractivity contribution is 5.71. The molecule has 0 radical (unpaired) electrons. The molecule has 0 saturated carbocycles. The number of rotatable bonds is 66. The van der Waals surface area contributed by atoms with Crippen molar-refractivity contribution in [1.29, 1.82) is 0 Å². The third-order valence-corrected chi connectivity index (χ3v) is 16.2. The van der Waals surface area contributed by atoms with Crippen LogP contribution in [0.4, 0.5) is 0 Å². The van der Waals surface area contributed by atoms with E-state index in [0.717, 1.165) is 64.2 Å². The van der Waals surface area contributed by atoms with Gasteiger partial charge in [0, 0.05) is 19.3 Å². The second-order valence-electron chi connectivity index (χ2n) is 24.1. The highest BCUT2D eigenvalue weighted by Gasteiger charge is 2.19. The fourth-order valence-electron chi connectivity index (χ4n) is 10.8. The lowest BCUT2D eigenvalue weighted by Gasteiger charge is -2.18. The Morgan fingerprint density at radius 2 is 0.423 bits per heavy atom. The summed E-state index contributed by atoms with van der Waals surface area (Å²) in [6.45, 7) is 6.67. The first kappa shape index (κ1) is 75.9. The topological polar surface area (TPSA) is 78.9 Å². The smallest absolute Gasteiger partial charge is 0.306 e. The molecule has 0 aromatic carbocycles. The van der Waals surface area contributed by atoms with Gasteiger partial charge in [0.15, 0.2) is 6.10 Å². The minimum atomic E-state index is -0.769. The Balaban J connectivity index is 3.98. The van der Waals surface area contributed by atoms with Crippen LogP contribution in [0, 0.1) is 0 Å². The van der Waals surface area contributed by atoms with Crippen LogP contribution >= 0.6 is 0 Å². The quantitative estimate of drug-likeness (QED) is 0.0261. The second kappa shape index (κ2) is 67.4. The number of esters is 3. The molecule has 1 unspecified atom stereocenters. The summed E-state index contributed by atoms with van der Waals surface area (Å²) in [6, 6.07) is 0. The summed E-state index contributed by atoms with van der Waals surface area (Å²) in [5.74, 6) is -0.850. The number of ether oxygens (including phenoxy) is 3. The van der Waals surface area contributed by atoms with Gasteiger partial charge in [-0.1, -0.05) is 334 Å². The number of hydrogen-bond donors (Lipinski definition) is 0. The molecule has 0 rings (SSSR count). The van der Waals surface area contributed by atoms with Gasteiger partial charge >= 0.3 is 17.9 Å². The Kier molecular flexibility index (Phi) is 65.6. The summed E-state index contributed by atoms with van der Waals surface area (Å²) in [7, 11) is 0. The molecule has 1 atom stereocenters. The van der Waals surface area contributed by atoms with Gasteiger partial charge in [-0.2, -0.15) is 0 Å². The van der Waals surface area contributed by atoms with Gasteiger partial charge in [-0.05, 0) is 70.6 Å². The summed E-state index contributed by atoms with van der Waals surface area (Å²) in [5.41, 5.74) is 0. The number of carbonyl (C=O) groups is 3. The van der Waals surface area contributed by atoms with Crippen molar-refractivity contribution in [3.05, 3.63) is 24.3 Å². The number of unbranched alkanes of at least 4 members (excludes halogenated alkanes) is 51. The first-order valence-corrected chi connectivity index (χ1v) is 35.3. The summed E-state index contributed by atoms with van der Waals surface area (Å²) in [6.07, 6.45) is 82.4. The first-order valence-electron chi connectivity index (χ1n) is 35.3. The number of carbonyl (C=O) groups excluding carboxylic acids is 3. The van der Waals surface area contributed by atoms with Gasteiger partial charge in [0.1, 0.15) is 13.2 Å². The Morgan fingerprint density at radius 3 is 0.667 bits per heavy atom. The van der Waals surface area contributed by atoms with E-state index in [0.29, 0.717) is 19.3 Å². The van der Waals surface area contributed by atoms with E-state index in [4.69, 9.17) is 14.2 Å². The van der Waals surface area contributed by atoms with Crippen molar-refractivity contribution in [2.75, 3.05) is 13.2 Å². The van der Waals surface area contributed by atoms with Crippen molar-refractivity contribution < 1.29 is 28.6 Å². The molecule has 0 aromatic heterocycles. The molecule has 0 bridgehead atoms. The van der Waals surface area contributed by atoms with Gasteiger partial charge in [-0.25, -0.2) is 0 Å². The third-order valence-electron chi connectivity index (χ3n) is 16.2. The monoisotopic (exact) mass is 1100 g/mol. The van der Waals surface area contributed by atoms with Crippen LogP contribution in [-0.2, 0) is 28.6 Å². The molecular formula is C72H136O6. The van der Waals surface area contributed by atoms with Crippen LogP contribution in [0.1, 0.15) is 400 Å². The average molecular weight is 1100 g/mol. The molecule has 0 fully saturated rings. The summed E-state index contributed by atoms with van der Waals surface area (Å²) < 4.78 is 16.9. The van der Waals surface area contributed by atoms with Gasteiger partial charge in [0.2, 0.25) is 0 Å². The molecule has 6 nitrogen and oxygen atoms in total. The molecule has 0 N–H and O–H groups in total. The predicted molar refractivity (Wildman–Crippen MR) is 340 cm³/mol. The Hall–Kier alpha value is -2.11. The zero-order valence-corrected chi connectivity index (χ0v) is 53.0. The van der Waals surface area contributed by atoms with E-state index < -0.39 is 6.10 Å². The summed E-state index contributed by atoms with van der Waals surface area (Å²) in [5, 5.41) is 0. The zero-order chi connectivity index (χ0) is 56.4. The largest absolute Gasteiger partial charge is 0.462 e. The van der Waals surface area contributed by atoms with E-state index in [-0.39, 0.29) is 31.1 Å². The molecule has 460 valence electrons. The van der Waals surface area contributed by atoms with Gasteiger partial charge in [0.25, 0.3) is 0 Å². The minimum absolute atomic E-state index is 0.0674. The number of hydrogen-bond acceptors (Lipinski definition) is 6. The summed E-state index contributed by atoms with van der Waals surface area (Å²) >= 11 is 0. The van der Waals surface area contributed by atoms with Crippen molar-refractivity contribution in [1.82, 2.24) is 0 Å². The van der Waals surface area contributed by atoms with E-state index in [2.05, 4.69) is 45.1 Å². The Labute approximate surface area is 487 Å². The maximum atomic E-state index is 12.9. The van der Waals surface area contributed by atoms with E-state index in [1.54, 1.807) is 0 Å². The van der Waals surface area contributed by atoms with E-state index in [1.165, 1.54) is 295 Å². The second-order valence-corrected chi connectivity index (χ2v) is 24.1. The summed E-state index contributed by atoms with van der Waals surface area (Å²) in [4.78, 5) is 38.2. The Bertz CT molecular complexity index is 1260. The van der Waals surface area contributed by atoms with Gasteiger partial charge < -0.3 is 14.2 Å². The maximum Gasteiger partial charge on any atom is 0.306 e. The maximum absolute atomic E-state index is 12.9. The lowest BCUT2D eigenvalue weighted by molar-refractivity contribution is -0.167. The normalized spacial score (nSPS) is 12.1. The lowest BCUT2D eigenvalue weighted by atomic mass is 10.0. The van der Waals surface area contributed by atoms with E-state index >= 15 is 0 Å². The van der Waals surface area contributed by atoms with Crippen LogP contribution in [0.5, 0.6) is 0 Å². The molecule has 6 heteroatoms. The molecule has 0 amide bonds. The number of allylic oxidation sites excluding steroid dienone is 4.